The summed E-state index contributed by atoms with van der Waals surface area (Å²) in [7, 11) is 0. The SMILES string of the molecule is CCCCNc1cc([N+](=O)[O-])ccc1O. The Kier molecular flexibility index (Phi) is 3.91. The summed E-state index contributed by atoms with van der Waals surface area (Å²) in [5.41, 5.74) is 0.393. The molecule has 0 bridgehead atoms. The van der Waals surface area contributed by atoms with Crippen molar-refractivity contribution in [1.29, 1.82) is 0 Å². The molecule has 0 aliphatic carbocycles. The zero-order chi connectivity index (χ0) is 11.3. The fourth-order valence-corrected chi connectivity index (χ4v) is 1.18. The lowest BCUT2D eigenvalue weighted by Gasteiger charge is -2.06. The first-order chi connectivity index (χ1) is 7.15. The molecule has 0 fully saturated rings. The molecule has 0 amide bonds. The number of nitro benzene ring substituents is 1. The highest BCUT2D eigenvalue weighted by Crippen LogP contribution is 2.27. The van der Waals surface area contributed by atoms with Crippen LogP contribution in [0, 0.1) is 10.1 Å². The normalized spacial score (nSPS) is 9.93. The molecule has 2 N–H and O–H groups in total. The molecule has 0 aliphatic rings. The summed E-state index contributed by atoms with van der Waals surface area (Å²) < 4.78 is 0. The average molecular weight is 210 g/mol. The highest BCUT2D eigenvalue weighted by Gasteiger charge is 2.09. The molecule has 1 aromatic carbocycles. The quantitative estimate of drug-likeness (QED) is 0.339. The molecule has 1 rings (SSSR count). The smallest absolute Gasteiger partial charge is 0.271 e. The molecule has 0 saturated carbocycles. The van der Waals surface area contributed by atoms with Gasteiger partial charge in [0.2, 0.25) is 0 Å². The third-order valence-corrected chi connectivity index (χ3v) is 2.04. The van der Waals surface area contributed by atoms with E-state index in [1.807, 2.05) is 0 Å². The molecule has 0 spiro atoms. The highest BCUT2D eigenvalue weighted by molar-refractivity contribution is 5.60. The van der Waals surface area contributed by atoms with E-state index in [0.717, 1.165) is 12.8 Å². The molecule has 0 saturated heterocycles. The maximum absolute atomic E-state index is 10.5. The Hall–Kier alpha value is -1.78. The second-order valence-electron chi connectivity index (χ2n) is 3.24. The number of unbranched alkanes of at least 4 members (excludes halogenated alkanes) is 1. The van der Waals surface area contributed by atoms with Crippen LogP contribution >= 0.6 is 0 Å². The van der Waals surface area contributed by atoms with Crippen LogP contribution in [0.25, 0.3) is 0 Å². The van der Waals surface area contributed by atoms with Gasteiger partial charge >= 0.3 is 0 Å². The Balaban J connectivity index is 2.76. The summed E-state index contributed by atoms with van der Waals surface area (Å²) in [6.07, 6.45) is 1.99. The number of aromatic hydroxyl groups is 1. The van der Waals surface area contributed by atoms with Gasteiger partial charge in [-0.25, -0.2) is 0 Å². The van der Waals surface area contributed by atoms with Crippen molar-refractivity contribution in [3.63, 3.8) is 0 Å². The standard InChI is InChI=1S/C10H14N2O3/c1-2-3-6-11-9-7-8(12(14)15)4-5-10(9)13/h4-5,7,11,13H,2-3,6H2,1H3. The molecular weight excluding hydrogens is 196 g/mol. The number of hydrogen-bond donors (Lipinski definition) is 2. The monoisotopic (exact) mass is 210 g/mol. The topological polar surface area (TPSA) is 75.4 Å². The second-order valence-corrected chi connectivity index (χ2v) is 3.24. The van der Waals surface area contributed by atoms with Crippen LogP contribution in [-0.2, 0) is 0 Å². The second kappa shape index (κ2) is 5.19. The van der Waals surface area contributed by atoms with Gasteiger partial charge in [0.05, 0.1) is 10.6 Å². The van der Waals surface area contributed by atoms with Crippen LogP contribution in [0.5, 0.6) is 5.75 Å². The molecular formula is C10H14N2O3. The van der Waals surface area contributed by atoms with Crippen molar-refractivity contribution >= 4 is 11.4 Å². The van der Waals surface area contributed by atoms with Crippen molar-refractivity contribution in [1.82, 2.24) is 0 Å². The van der Waals surface area contributed by atoms with Crippen molar-refractivity contribution in [2.24, 2.45) is 0 Å². The number of hydrogen-bond acceptors (Lipinski definition) is 4. The fraction of sp³-hybridized carbons (Fsp3) is 0.400. The van der Waals surface area contributed by atoms with Crippen LogP contribution in [0.3, 0.4) is 0 Å². The lowest BCUT2D eigenvalue weighted by molar-refractivity contribution is -0.384. The van der Waals surface area contributed by atoms with Crippen LogP contribution in [0.1, 0.15) is 19.8 Å². The van der Waals surface area contributed by atoms with Gasteiger partial charge in [-0.2, -0.15) is 0 Å². The number of anilines is 1. The number of nitrogens with zero attached hydrogens (tertiary/aromatic N) is 1. The summed E-state index contributed by atoms with van der Waals surface area (Å²) >= 11 is 0. The average Bonchev–Trinajstić information content (AvgIpc) is 2.20. The lowest BCUT2D eigenvalue weighted by atomic mass is 10.2. The molecule has 0 unspecified atom stereocenters. The number of benzene rings is 1. The largest absolute Gasteiger partial charge is 0.506 e. The van der Waals surface area contributed by atoms with Gasteiger partial charge in [0, 0.05) is 18.7 Å². The Morgan fingerprint density at radius 3 is 2.87 bits per heavy atom. The van der Waals surface area contributed by atoms with Crippen molar-refractivity contribution in [3.05, 3.63) is 28.3 Å². The van der Waals surface area contributed by atoms with E-state index in [4.69, 9.17) is 0 Å². The number of phenolic OH excluding ortho intramolecular Hbond substituents is 1. The molecule has 15 heavy (non-hydrogen) atoms. The third kappa shape index (κ3) is 3.12. The Morgan fingerprint density at radius 1 is 1.53 bits per heavy atom. The minimum Gasteiger partial charge on any atom is -0.506 e. The van der Waals surface area contributed by atoms with E-state index in [1.54, 1.807) is 0 Å². The number of nitro groups is 1. The van der Waals surface area contributed by atoms with Gasteiger partial charge in [-0.05, 0) is 12.5 Å². The van der Waals surface area contributed by atoms with Gasteiger partial charge in [0.1, 0.15) is 5.75 Å². The van der Waals surface area contributed by atoms with Gasteiger partial charge in [-0.1, -0.05) is 13.3 Å². The maximum atomic E-state index is 10.5. The van der Waals surface area contributed by atoms with E-state index in [-0.39, 0.29) is 11.4 Å². The molecule has 0 aromatic heterocycles. The zero-order valence-electron chi connectivity index (χ0n) is 8.56. The van der Waals surface area contributed by atoms with Crippen molar-refractivity contribution in [2.45, 2.75) is 19.8 Å². The summed E-state index contributed by atoms with van der Waals surface area (Å²) in [6.45, 7) is 2.75. The summed E-state index contributed by atoms with van der Waals surface area (Å²) in [5, 5.41) is 22.9. The van der Waals surface area contributed by atoms with E-state index >= 15 is 0 Å². The van der Waals surface area contributed by atoms with Crippen LogP contribution in [0.2, 0.25) is 0 Å². The predicted molar refractivity (Wildman–Crippen MR) is 58.2 cm³/mol. The number of phenols is 1. The molecule has 5 heteroatoms. The first-order valence-corrected chi connectivity index (χ1v) is 4.86. The molecule has 0 atom stereocenters. The van der Waals surface area contributed by atoms with Crippen LogP contribution in [-0.4, -0.2) is 16.6 Å². The van der Waals surface area contributed by atoms with Gasteiger partial charge in [-0.3, -0.25) is 10.1 Å². The zero-order valence-corrected chi connectivity index (χ0v) is 8.56. The van der Waals surface area contributed by atoms with Gasteiger partial charge in [-0.15, -0.1) is 0 Å². The minimum atomic E-state index is -0.482. The number of rotatable bonds is 5. The summed E-state index contributed by atoms with van der Waals surface area (Å²) in [4.78, 5) is 10.0. The van der Waals surface area contributed by atoms with E-state index in [0.29, 0.717) is 12.2 Å². The van der Waals surface area contributed by atoms with Crippen LogP contribution in [0.15, 0.2) is 18.2 Å². The molecule has 5 nitrogen and oxygen atoms in total. The van der Waals surface area contributed by atoms with E-state index in [1.165, 1.54) is 18.2 Å². The van der Waals surface area contributed by atoms with Crippen molar-refractivity contribution < 1.29 is 10.0 Å². The highest BCUT2D eigenvalue weighted by atomic mass is 16.6. The van der Waals surface area contributed by atoms with Gasteiger partial charge < -0.3 is 10.4 Å². The van der Waals surface area contributed by atoms with Crippen LogP contribution in [0.4, 0.5) is 11.4 Å². The summed E-state index contributed by atoms with van der Waals surface area (Å²) in [6, 6.07) is 3.94. The maximum Gasteiger partial charge on any atom is 0.271 e. The Labute approximate surface area is 87.9 Å². The van der Waals surface area contributed by atoms with E-state index in [9.17, 15) is 15.2 Å². The molecule has 0 aliphatic heterocycles. The number of nitrogens with one attached hydrogen (secondary N) is 1. The first-order valence-electron chi connectivity index (χ1n) is 4.86. The van der Waals surface area contributed by atoms with E-state index < -0.39 is 4.92 Å². The predicted octanol–water partition coefficient (Wildman–Crippen LogP) is 2.51. The Bertz CT molecular complexity index is 353. The Morgan fingerprint density at radius 2 is 2.27 bits per heavy atom. The fourth-order valence-electron chi connectivity index (χ4n) is 1.18. The van der Waals surface area contributed by atoms with Crippen molar-refractivity contribution in [2.75, 3.05) is 11.9 Å². The molecule has 82 valence electrons. The third-order valence-electron chi connectivity index (χ3n) is 2.04. The van der Waals surface area contributed by atoms with E-state index in [2.05, 4.69) is 12.2 Å². The number of non-ortho nitro benzene ring substituents is 1. The molecule has 0 radical (unpaired) electrons. The molecule has 0 heterocycles. The van der Waals surface area contributed by atoms with Gasteiger partial charge in [0.25, 0.3) is 5.69 Å². The molecule has 1 aromatic rings. The summed E-state index contributed by atoms with van der Waals surface area (Å²) in [5.74, 6) is 0.0386. The lowest BCUT2D eigenvalue weighted by Crippen LogP contribution is -2.01. The van der Waals surface area contributed by atoms with Crippen LogP contribution < -0.4 is 5.32 Å². The van der Waals surface area contributed by atoms with Gasteiger partial charge in [0.15, 0.2) is 0 Å². The first kappa shape index (κ1) is 11.3. The van der Waals surface area contributed by atoms with Crippen molar-refractivity contribution in [3.8, 4) is 5.75 Å². The minimum absolute atomic E-state index is 0.0215.